The maximum Gasteiger partial charge on any atom is 0.289 e. The van der Waals surface area contributed by atoms with E-state index in [1.165, 1.54) is 12.1 Å². The molecule has 19 heavy (non-hydrogen) atoms. The second-order valence-corrected chi connectivity index (χ2v) is 5.11. The highest BCUT2D eigenvalue weighted by Gasteiger charge is 2.12. The minimum Gasteiger partial charge on any atom is -0.381 e. The zero-order valence-electron chi connectivity index (χ0n) is 9.64. The lowest BCUT2D eigenvalue weighted by atomic mass is 10.2. The van der Waals surface area contributed by atoms with Crippen molar-refractivity contribution < 1.29 is 4.92 Å². The summed E-state index contributed by atoms with van der Waals surface area (Å²) in [7, 11) is 0. The highest BCUT2D eigenvalue weighted by Crippen LogP contribution is 2.27. The van der Waals surface area contributed by atoms with Crippen molar-refractivity contribution in [3.8, 4) is 0 Å². The summed E-state index contributed by atoms with van der Waals surface area (Å²) in [6, 6.07) is 6.53. The fraction of sp³-hybridized carbons (Fsp3) is 0.0833. The number of nitrogens with zero attached hydrogens (tertiary/aromatic N) is 2. The lowest BCUT2D eigenvalue weighted by Gasteiger charge is -2.07. The number of aromatic nitrogens is 1. The van der Waals surface area contributed by atoms with Crippen LogP contribution in [0.15, 0.2) is 41.1 Å². The van der Waals surface area contributed by atoms with Crippen LogP contribution in [-0.4, -0.2) is 9.91 Å². The number of halogens is 2. The lowest BCUT2D eigenvalue weighted by Crippen LogP contribution is -2.00. The summed E-state index contributed by atoms with van der Waals surface area (Å²) in [6.45, 7) is 0.519. The third kappa shape index (κ3) is 3.65. The van der Waals surface area contributed by atoms with Gasteiger partial charge in [0.2, 0.25) is 0 Å². The molecule has 0 aliphatic heterocycles. The molecule has 0 radical (unpaired) electrons. The molecule has 0 aliphatic carbocycles. The molecule has 1 aromatic carbocycles. The molecule has 7 heteroatoms. The Morgan fingerprint density at radius 2 is 2.16 bits per heavy atom. The molecule has 0 atom stereocenters. The van der Waals surface area contributed by atoms with Crippen LogP contribution in [0.5, 0.6) is 0 Å². The highest BCUT2D eigenvalue weighted by molar-refractivity contribution is 9.10. The van der Waals surface area contributed by atoms with E-state index in [1.807, 2.05) is 6.07 Å². The monoisotopic (exact) mass is 341 g/mol. The van der Waals surface area contributed by atoms with Crippen LogP contribution < -0.4 is 5.32 Å². The number of nitro benzene ring substituents is 1. The summed E-state index contributed by atoms with van der Waals surface area (Å²) in [5.41, 5.74) is 1.49. The number of nitrogens with one attached hydrogen (secondary N) is 1. The molecule has 98 valence electrons. The summed E-state index contributed by atoms with van der Waals surface area (Å²) in [6.07, 6.45) is 3.42. The van der Waals surface area contributed by atoms with E-state index in [0.29, 0.717) is 12.2 Å². The van der Waals surface area contributed by atoms with E-state index in [0.717, 1.165) is 10.0 Å². The molecular weight excluding hydrogens is 334 g/mol. The summed E-state index contributed by atoms with van der Waals surface area (Å²) in [4.78, 5) is 14.3. The van der Waals surface area contributed by atoms with Crippen LogP contribution in [0.2, 0.25) is 5.02 Å². The van der Waals surface area contributed by atoms with E-state index in [9.17, 15) is 10.1 Å². The molecule has 1 N–H and O–H groups in total. The van der Waals surface area contributed by atoms with Crippen molar-refractivity contribution in [3.63, 3.8) is 0 Å². The Labute approximate surface area is 122 Å². The topological polar surface area (TPSA) is 68.1 Å². The van der Waals surface area contributed by atoms with Gasteiger partial charge in [-0.15, -0.1) is 0 Å². The number of rotatable bonds is 4. The predicted octanol–water partition coefficient (Wildman–Crippen LogP) is 4.02. The Morgan fingerprint density at radius 3 is 2.84 bits per heavy atom. The molecule has 1 heterocycles. The molecule has 5 nitrogen and oxygen atoms in total. The van der Waals surface area contributed by atoms with Gasteiger partial charge >= 0.3 is 0 Å². The van der Waals surface area contributed by atoms with Gasteiger partial charge in [0.15, 0.2) is 0 Å². The molecule has 0 fully saturated rings. The second-order valence-electron chi connectivity index (χ2n) is 3.79. The maximum atomic E-state index is 10.8. The van der Waals surface area contributed by atoms with Crippen LogP contribution in [0.1, 0.15) is 5.56 Å². The van der Waals surface area contributed by atoms with Crippen molar-refractivity contribution in [2.24, 2.45) is 0 Å². The molecule has 2 rings (SSSR count). The Balaban J connectivity index is 2.12. The normalized spacial score (nSPS) is 10.2. The summed E-state index contributed by atoms with van der Waals surface area (Å²) in [5.74, 6) is 0. The number of nitro groups is 1. The Hall–Kier alpha value is -1.66. The van der Waals surface area contributed by atoms with Crippen molar-refractivity contribution >= 4 is 38.9 Å². The molecule has 0 bridgehead atoms. The third-order valence-corrected chi connectivity index (χ3v) is 3.15. The quantitative estimate of drug-likeness (QED) is 0.673. The van der Waals surface area contributed by atoms with Crippen LogP contribution in [0.3, 0.4) is 0 Å². The molecular formula is C12H9BrClN3O2. The Bertz CT molecular complexity index is 622. The second kappa shape index (κ2) is 5.99. The number of anilines is 1. The molecule has 0 spiro atoms. The van der Waals surface area contributed by atoms with Crippen LogP contribution in [0.25, 0.3) is 0 Å². The fourth-order valence-corrected chi connectivity index (χ4v) is 2.12. The molecule has 0 unspecified atom stereocenters. The molecule has 2 aromatic rings. The van der Waals surface area contributed by atoms with Gasteiger partial charge in [0.1, 0.15) is 5.02 Å². The first-order chi connectivity index (χ1) is 9.06. The van der Waals surface area contributed by atoms with Gasteiger partial charge < -0.3 is 5.32 Å². The first-order valence-electron chi connectivity index (χ1n) is 5.33. The van der Waals surface area contributed by atoms with Gasteiger partial charge in [-0.05, 0) is 39.7 Å². The predicted molar refractivity (Wildman–Crippen MR) is 77.4 cm³/mol. The molecule has 1 aromatic heterocycles. The zero-order chi connectivity index (χ0) is 13.8. The van der Waals surface area contributed by atoms with Crippen molar-refractivity contribution in [3.05, 3.63) is 61.8 Å². The van der Waals surface area contributed by atoms with Crippen molar-refractivity contribution in [2.75, 3.05) is 5.32 Å². The fourth-order valence-electron chi connectivity index (χ4n) is 1.52. The lowest BCUT2D eigenvalue weighted by molar-refractivity contribution is -0.384. The van der Waals surface area contributed by atoms with Crippen molar-refractivity contribution in [1.29, 1.82) is 0 Å². The van der Waals surface area contributed by atoms with Gasteiger partial charge in [0.05, 0.1) is 4.92 Å². The van der Waals surface area contributed by atoms with Gasteiger partial charge in [0.25, 0.3) is 5.69 Å². The van der Waals surface area contributed by atoms with Crippen LogP contribution >= 0.6 is 27.5 Å². The minimum absolute atomic E-state index is 0.112. The van der Waals surface area contributed by atoms with Gasteiger partial charge in [-0.25, -0.2) is 0 Å². The minimum atomic E-state index is -0.506. The summed E-state index contributed by atoms with van der Waals surface area (Å²) in [5, 5.41) is 14.0. The van der Waals surface area contributed by atoms with Gasteiger partial charge in [-0.1, -0.05) is 11.6 Å². The van der Waals surface area contributed by atoms with E-state index >= 15 is 0 Å². The number of pyridine rings is 1. The largest absolute Gasteiger partial charge is 0.381 e. The van der Waals surface area contributed by atoms with Crippen LogP contribution in [0.4, 0.5) is 11.4 Å². The standard InChI is InChI=1S/C12H9BrClN3O2/c13-9-3-8(5-15-7-9)6-16-10-1-2-11(14)12(4-10)17(18)19/h1-5,7,16H,6H2. The number of hydrogen-bond acceptors (Lipinski definition) is 4. The molecule has 0 amide bonds. The maximum absolute atomic E-state index is 10.8. The van der Waals surface area contributed by atoms with E-state index in [2.05, 4.69) is 26.2 Å². The average molecular weight is 343 g/mol. The van der Waals surface area contributed by atoms with Crippen LogP contribution in [0, 0.1) is 10.1 Å². The van der Waals surface area contributed by atoms with E-state index < -0.39 is 4.92 Å². The van der Waals surface area contributed by atoms with Gasteiger partial charge in [-0.2, -0.15) is 0 Å². The van der Waals surface area contributed by atoms with Crippen molar-refractivity contribution in [2.45, 2.75) is 6.54 Å². The molecule has 0 saturated carbocycles. The number of hydrogen-bond donors (Lipinski definition) is 1. The first-order valence-corrected chi connectivity index (χ1v) is 6.50. The molecule has 0 saturated heterocycles. The Kier molecular flexibility index (Phi) is 4.34. The average Bonchev–Trinajstić information content (AvgIpc) is 2.37. The molecule has 0 aliphatic rings. The smallest absolute Gasteiger partial charge is 0.289 e. The summed E-state index contributed by atoms with van der Waals surface area (Å²) < 4.78 is 0.883. The highest BCUT2D eigenvalue weighted by atomic mass is 79.9. The SMILES string of the molecule is O=[N+]([O-])c1cc(NCc2cncc(Br)c2)ccc1Cl. The van der Waals surface area contributed by atoms with Crippen LogP contribution in [-0.2, 0) is 6.54 Å². The zero-order valence-corrected chi connectivity index (χ0v) is 12.0. The number of benzene rings is 1. The van der Waals surface area contributed by atoms with E-state index in [1.54, 1.807) is 18.5 Å². The third-order valence-electron chi connectivity index (χ3n) is 2.40. The van der Waals surface area contributed by atoms with Gasteiger partial charge in [-0.3, -0.25) is 15.1 Å². The van der Waals surface area contributed by atoms with Gasteiger partial charge in [0, 0.05) is 35.2 Å². The first kappa shape index (κ1) is 13.8. The van der Waals surface area contributed by atoms with Crippen molar-refractivity contribution in [1.82, 2.24) is 4.98 Å². The summed E-state index contributed by atoms with van der Waals surface area (Å²) >= 11 is 9.08. The Morgan fingerprint density at radius 1 is 1.37 bits per heavy atom. The van der Waals surface area contributed by atoms with E-state index in [4.69, 9.17) is 11.6 Å². The van der Waals surface area contributed by atoms with E-state index in [-0.39, 0.29) is 10.7 Å².